The van der Waals surface area contributed by atoms with Crippen LogP contribution >= 0.6 is 27.3 Å². The SMILES string of the molecule is CN1CCc2c(sc3c2C(=O)N[C@H](c2ccc(OC(=O)c4cccc(Br)c4)cc2)N3)C1. The average Bonchev–Trinajstić information content (AvgIpc) is 3.12. The summed E-state index contributed by atoms with van der Waals surface area (Å²) >= 11 is 5.02. The van der Waals surface area contributed by atoms with Crippen LogP contribution in [-0.2, 0) is 13.0 Å². The fraction of sp³-hybridized carbons (Fsp3) is 0.217. The Balaban J connectivity index is 1.32. The lowest BCUT2D eigenvalue weighted by Crippen LogP contribution is -2.38. The first-order chi connectivity index (χ1) is 15.0. The van der Waals surface area contributed by atoms with Gasteiger partial charge in [-0.15, -0.1) is 11.3 Å². The largest absolute Gasteiger partial charge is 0.423 e. The van der Waals surface area contributed by atoms with Crippen molar-refractivity contribution in [3.05, 3.63) is 80.1 Å². The smallest absolute Gasteiger partial charge is 0.343 e. The number of nitrogens with zero attached hydrogens (tertiary/aromatic N) is 1. The van der Waals surface area contributed by atoms with Gasteiger partial charge < -0.3 is 20.3 Å². The van der Waals surface area contributed by atoms with Gasteiger partial charge in [-0.2, -0.15) is 0 Å². The minimum absolute atomic E-state index is 0.0361. The Morgan fingerprint density at radius 3 is 2.77 bits per heavy atom. The minimum atomic E-state index is -0.420. The molecule has 1 amide bonds. The van der Waals surface area contributed by atoms with Crippen molar-refractivity contribution in [2.45, 2.75) is 19.1 Å². The summed E-state index contributed by atoms with van der Waals surface area (Å²) in [7, 11) is 2.10. The number of halogens is 1. The molecule has 0 spiro atoms. The lowest BCUT2D eigenvalue weighted by molar-refractivity contribution is 0.0734. The van der Waals surface area contributed by atoms with Crippen LogP contribution in [0.5, 0.6) is 5.75 Å². The molecule has 0 saturated carbocycles. The van der Waals surface area contributed by atoms with Crippen molar-refractivity contribution in [3.8, 4) is 5.75 Å². The van der Waals surface area contributed by atoms with E-state index in [1.165, 1.54) is 10.4 Å². The number of carbonyl (C=O) groups excluding carboxylic acids is 2. The second kappa shape index (κ2) is 8.11. The third-order valence-corrected chi connectivity index (χ3v) is 7.15. The maximum absolute atomic E-state index is 12.8. The monoisotopic (exact) mass is 497 g/mol. The van der Waals surface area contributed by atoms with Crippen LogP contribution in [0.25, 0.3) is 0 Å². The van der Waals surface area contributed by atoms with E-state index in [4.69, 9.17) is 4.74 Å². The van der Waals surface area contributed by atoms with Crippen molar-refractivity contribution in [2.75, 3.05) is 18.9 Å². The van der Waals surface area contributed by atoms with Crippen LogP contribution in [0, 0.1) is 0 Å². The van der Waals surface area contributed by atoms with E-state index in [0.29, 0.717) is 11.3 Å². The number of rotatable bonds is 3. The highest BCUT2D eigenvalue weighted by Gasteiger charge is 2.32. The lowest BCUT2D eigenvalue weighted by Gasteiger charge is -2.27. The van der Waals surface area contributed by atoms with Crippen molar-refractivity contribution in [2.24, 2.45) is 0 Å². The molecular weight excluding hydrogens is 478 g/mol. The van der Waals surface area contributed by atoms with Crippen molar-refractivity contribution in [3.63, 3.8) is 0 Å². The predicted molar refractivity (Wildman–Crippen MR) is 124 cm³/mol. The highest BCUT2D eigenvalue weighted by Crippen LogP contribution is 2.40. The number of benzene rings is 2. The number of nitrogens with one attached hydrogen (secondary N) is 2. The van der Waals surface area contributed by atoms with Gasteiger partial charge in [-0.1, -0.05) is 34.1 Å². The van der Waals surface area contributed by atoms with Crippen LogP contribution in [0.15, 0.2) is 53.0 Å². The molecule has 0 saturated heterocycles. The van der Waals surface area contributed by atoms with Crippen LogP contribution < -0.4 is 15.4 Å². The van der Waals surface area contributed by atoms with Crippen LogP contribution in [0.2, 0.25) is 0 Å². The molecule has 2 aliphatic heterocycles. The number of ether oxygens (including phenoxy) is 1. The zero-order chi connectivity index (χ0) is 21.5. The summed E-state index contributed by atoms with van der Waals surface area (Å²) in [4.78, 5) is 28.7. The van der Waals surface area contributed by atoms with E-state index >= 15 is 0 Å². The summed E-state index contributed by atoms with van der Waals surface area (Å²) in [5, 5.41) is 7.45. The van der Waals surface area contributed by atoms with Gasteiger partial charge in [0.05, 0.1) is 11.1 Å². The van der Waals surface area contributed by atoms with Crippen molar-refractivity contribution in [1.29, 1.82) is 0 Å². The molecule has 1 atom stereocenters. The standard InChI is InChI=1S/C23H20BrN3O3S/c1-27-10-9-17-18(12-27)31-22-19(17)21(28)25-20(26-22)13-5-7-16(8-6-13)30-23(29)14-3-2-4-15(24)11-14/h2-8,11,20,26H,9-10,12H2,1H3,(H,25,28)/t20-/m0/s1. The predicted octanol–water partition coefficient (Wildman–Crippen LogP) is 4.57. The summed E-state index contributed by atoms with van der Waals surface area (Å²) in [6, 6.07) is 14.3. The average molecular weight is 498 g/mol. The van der Waals surface area contributed by atoms with Crippen LogP contribution in [0.1, 0.15) is 42.9 Å². The highest BCUT2D eigenvalue weighted by molar-refractivity contribution is 9.10. The zero-order valence-electron chi connectivity index (χ0n) is 16.8. The van der Waals surface area contributed by atoms with Gasteiger partial charge >= 0.3 is 5.97 Å². The van der Waals surface area contributed by atoms with Crippen LogP contribution in [0.4, 0.5) is 5.00 Å². The summed E-state index contributed by atoms with van der Waals surface area (Å²) in [5.74, 6) is -0.00550. The number of carbonyl (C=O) groups is 2. The quantitative estimate of drug-likeness (QED) is 0.409. The minimum Gasteiger partial charge on any atom is -0.423 e. The fourth-order valence-electron chi connectivity index (χ4n) is 3.92. The number of esters is 1. The van der Waals surface area contributed by atoms with Gasteiger partial charge in [0.25, 0.3) is 5.91 Å². The molecule has 6 nitrogen and oxygen atoms in total. The van der Waals surface area contributed by atoms with E-state index in [9.17, 15) is 9.59 Å². The fourth-order valence-corrected chi connectivity index (χ4v) is 5.67. The molecule has 0 bridgehead atoms. The molecule has 2 N–H and O–H groups in total. The summed E-state index contributed by atoms with van der Waals surface area (Å²) < 4.78 is 6.29. The Bertz CT molecular complexity index is 1180. The summed E-state index contributed by atoms with van der Waals surface area (Å²) in [6.07, 6.45) is 0.572. The van der Waals surface area contributed by atoms with Gasteiger partial charge in [-0.25, -0.2) is 4.79 Å². The molecule has 158 valence electrons. The number of fused-ring (bicyclic) bond motifs is 3. The zero-order valence-corrected chi connectivity index (χ0v) is 19.2. The van der Waals surface area contributed by atoms with Crippen molar-refractivity contribution >= 4 is 44.1 Å². The van der Waals surface area contributed by atoms with E-state index in [0.717, 1.165) is 40.1 Å². The number of hydrogen-bond donors (Lipinski definition) is 2. The molecule has 1 aromatic heterocycles. The van der Waals surface area contributed by atoms with E-state index < -0.39 is 5.97 Å². The lowest BCUT2D eigenvalue weighted by atomic mass is 10.0. The number of anilines is 1. The normalized spacial score (nSPS) is 17.9. The summed E-state index contributed by atoms with van der Waals surface area (Å²) in [6.45, 7) is 1.84. The second-order valence-electron chi connectivity index (χ2n) is 7.72. The van der Waals surface area contributed by atoms with Gasteiger partial charge in [0.15, 0.2) is 0 Å². The molecule has 31 heavy (non-hydrogen) atoms. The third-order valence-electron chi connectivity index (χ3n) is 5.51. The Morgan fingerprint density at radius 1 is 1.19 bits per heavy atom. The van der Waals surface area contributed by atoms with Crippen LogP contribution in [0.3, 0.4) is 0 Å². The number of thiophene rings is 1. The molecule has 0 aliphatic carbocycles. The van der Waals surface area contributed by atoms with Crippen LogP contribution in [-0.4, -0.2) is 30.4 Å². The molecule has 3 aromatic rings. The van der Waals surface area contributed by atoms with Gasteiger partial charge in [-0.3, -0.25) is 4.79 Å². The molecule has 0 fully saturated rings. The molecule has 8 heteroatoms. The molecule has 5 rings (SSSR count). The first-order valence-electron chi connectivity index (χ1n) is 9.96. The second-order valence-corrected chi connectivity index (χ2v) is 9.74. The van der Waals surface area contributed by atoms with E-state index in [2.05, 4.69) is 38.5 Å². The first kappa shape index (κ1) is 20.2. The number of likely N-dealkylation sites (N-methyl/N-ethyl adjacent to an activating group) is 1. The Kier molecular flexibility index (Phi) is 5.29. The topological polar surface area (TPSA) is 70.7 Å². The van der Waals surface area contributed by atoms with Gasteiger partial charge in [-0.05, 0) is 54.9 Å². The van der Waals surface area contributed by atoms with Crippen molar-refractivity contribution in [1.82, 2.24) is 10.2 Å². The number of amides is 1. The number of hydrogen-bond acceptors (Lipinski definition) is 6. The molecule has 0 radical (unpaired) electrons. The van der Waals surface area contributed by atoms with E-state index in [-0.39, 0.29) is 12.1 Å². The van der Waals surface area contributed by atoms with Gasteiger partial charge in [0.2, 0.25) is 0 Å². The maximum atomic E-state index is 12.8. The Morgan fingerprint density at radius 2 is 2.00 bits per heavy atom. The molecule has 2 aromatic carbocycles. The van der Waals surface area contributed by atoms with E-state index in [1.807, 2.05) is 18.2 Å². The highest BCUT2D eigenvalue weighted by atomic mass is 79.9. The van der Waals surface area contributed by atoms with E-state index in [1.54, 1.807) is 41.7 Å². The molecule has 0 unspecified atom stereocenters. The summed E-state index contributed by atoms with van der Waals surface area (Å²) in [5.41, 5.74) is 3.34. The molecular formula is C23H20BrN3O3S. The first-order valence-corrected chi connectivity index (χ1v) is 11.6. The van der Waals surface area contributed by atoms with Crippen molar-refractivity contribution < 1.29 is 14.3 Å². The molecule has 2 aliphatic rings. The Hall–Kier alpha value is -2.68. The van der Waals surface area contributed by atoms with Gasteiger partial charge in [0.1, 0.15) is 16.9 Å². The Labute approximate surface area is 192 Å². The third kappa shape index (κ3) is 3.98. The molecule has 3 heterocycles. The van der Waals surface area contributed by atoms with Gasteiger partial charge in [0, 0.05) is 22.4 Å². The maximum Gasteiger partial charge on any atom is 0.343 e.